The standard InChI is InChI=1S/C27H30N4O4/c1-5-6-24(32)31(22-12-16(3)15(2)11-20(22)17-7-8-17)23-10-9-21(29-4)25(30-23)26(28)35-19-13-18(14-19)27(33)34/h9-12,17-19,28-29H,7-8,13-14H2,1-4H3,(H,33,34). The van der Waals surface area contributed by atoms with Crippen LogP contribution in [0.5, 0.6) is 0 Å². The van der Waals surface area contributed by atoms with Gasteiger partial charge < -0.3 is 15.2 Å². The second-order valence-corrected chi connectivity index (χ2v) is 9.18. The van der Waals surface area contributed by atoms with Crippen LogP contribution in [-0.4, -0.2) is 41.0 Å². The monoisotopic (exact) mass is 474 g/mol. The van der Waals surface area contributed by atoms with Crippen molar-refractivity contribution < 1.29 is 19.4 Å². The zero-order valence-corrected chi connectivity index (χ0v) is 20.4. The Kier molecular flexibility index (Phi) is 6.79. The summed E-state index contributed by atoms with van der Waals surface area (Å²) < 4.78 is 5.74. The van der Waals surface area contributed by atoms with Gasteiger partial charge in [-0.15, -0.1) is 0 Å². The van der Waals surface area contributed by atoms with Crippen LogP contribution < -0.4 is 10.2 Å². The Hall–Kier alpha value is -3.86. The van der Waals surface area contributed by atoms with E-state index in [-0.39, 0.29) is 17.7 Å². The fourth-order valence-corrected chi connectivity index (χ4v) is 4.27. The minimum Gasteiger partial charge on any atom is -0.481 e. The summed E-state index contributed by atoms with van der Waals surface area (Å²) in [5, 5.41) is 20.7. The van der Waals surface area contributed by atoms with Crippen molar-refractivity contribution in [3.63, 3.8) is 0 Å². The first kappa shape index (κ1) is 24.3. The molecule has 0 unspecified atom stereocenters. The molecule has 4 rings (SSSR count). The molecule has 182 valence electrons. The van der Waals surface area contributed by atoms with Crippen LogP contribution in [0.4, 0.5) is 17.2 Å². The summed E-state index contributed by atoms with van der Waals surface area (Å²) >= 11 is 0. The summed E-state index contributed by atoms with van der Waals surface area (Å²) in [6.45, 7) is 5.70. The van der Waals surface area contributed by atoms with Gasteiger partial charge in [-0.3, -0.25) is 19.9 Å². The highest BCUT2D eigenvalue weighted by Crippen LogP contribution is 2.46. The molecule has 1 aromatic carbocycles. The molecule has 0 radical (unpaired) electrons. The quantitative estimate of drug-likeness (QED) is 0.309. The van der Waals surface area contributed by atoms with Crippen LogP contribution in [0, 0.1) is 37.0 Å². The summed E-state index contributed by atoms with van der Waals surface area (Å²) in [6, 6.07) is 7.64. The second-order valence-electron chi connectivity index (χ2n) is 9.18. The molecule has 0 saturated heterocycles. The number of carbonyl (C=O) groups excluding carboxylic acids is 1. The SMILES string of the molecule is CC#CC(=O)N(c1ccc(NC)c(C(=N)OC2CC(C(=O)O)C2)n1)c1cc(C)c(C)cc1C1CC1. The number of rotatable bonds is 7. The lowest BCUT2D eigenvalue weighted by atomic mass is 9.82. The largest absolute Gasteiger partial charge is 0.481 e. The predicted octanol–water partition coefficient (Wildman–Crippen LogP) is 4.51. The minimum atomic E-state index is -0.849. The van der Waals surface area contributed by atoms with Gasteiger partial charge in [0.1, 0.15) is 17.6 Å². The average molecular weight is 475 g/mol. The Labute approximate surface area is 205 Å². The van der Waals surface area contributed by atoms with Crippen molar-refractivity contribution >= 4 is 35.0 Å². The van der Waals surface area contributed by atoms with Gasteiger partial charge in [0.15, 0.2) is 0 Å². The van der Waals surface area contributed by atoms with Crippen molar-refractivity contribution in [2.75, 3.05) is 17.3 Å². The van der Waals surface area contributed by atoms with Crippen LogP contribution in [0.2, 0.25) is 0 Å². The maximum Gasteiger partial charge on any atom is 0.308 e. The van der Waals surface area contributed by atoms with E-state index < -0.39 is 17.8 Å². The summed E-state index contributed by atoms with van der Waals surface area (Å²) in [6.07, 6.45) is 2.52. The second kappa shape index (κ2) is 9.79. The number of amides is 1. The molecule has 35 heavy (non-hydrogen) atoms. The number of aromatic nitrogens is 1. The van der Waals surface area contributed by atoms with Crippen LogP contribution in [0.15, 0.2) is 24.3 Å². The molecule has 8 heteroatoms. The smallest absolute Gasteiger partial charge is 0.308 e. The molecule has 8 nitrogen and oxygen atoms in total. The first-order chi connectivity index (χ1) is 16.7. The van der Waals surface area contributed by atoms with E-state index in [0.29, 0.717) is 30.3 Å². The molecule has 1 amide bonds. The van der Waals surface area contributed by atoms with Crippen LogP contribution in [0.3, 0.4) is 0 Å². The lowest BCUT2D eigenvalue weighted by Crippen LogP contribution is -2.38. The van der Waals surface area contributed by atoms with Crippen molar-refractivity contribution in [1.29, 1.82) is 5.41 Å². The molecular formula is C27H30N4O4. The lowest BCUT2D eigenvalue weighted by molar-refractivity contribution is -0.148. The number of carboxylic acid groups (broad SMARTS) is 1. The minimum absolute atomic E-state index is 0.165. The molecule has 2 aliphatic carbocycles. The maximum absolute atomic E-state index is 13.3. The molecule has 2 fully saturated rings. The van der Waals surface area contributed by atoms with Gasteiger partial charge in [0.05, 0.1) is 17.3 Å². The normalized spacial score (nSPS) is 18.5. The van der Waals surface area contributed by atoms with Crippen LogP contribution >= 0.6 is 0 Å². The molecule has 0 aliphatic heterocycles. The van der Waals surface area contributed by atoms with E-state index in [4.69, 9.17) is 15.3 Å². The van der Waals surface area contributed by atoms with Gasteiger partial charge in [-0.1, -0.05) is 12.0 Å². The van der Waals surface area contributed by atoms with E-state index in [1.165, 1.54) is 10.5 Å². The predicted molar refractivity (Wildman–Crippen MR) is 134 cm³/mol. The van der Waals surface area contributed by atoms with E-state index in [0.717, 1.165) is 29.7 Å². The molecule has 2 saturated carbocycles. The number of benzene rings is 1. The van der Waals surface area contributed by atoms with Crippen molar-refractivity contribution in [3.8, 4) is 11.8 Å². The molecule has 0 spiro atoms. The zero-order valence-electron chi connectivity index (χ0n) is 20.4. The van der Waals surface area contributed by atoms with Crippen molar-refractivity contribution in [3.05, 3.63) is 46.6 Å². The summed E-state index contributed by atoms with van der Waals surface area (Å²) in [4.78, 5) is 30.6. The molecule has 2 aromatic rings. The average Bonchev–Trinajstić information content (AvgIpc) is 3.63. The number of aryl methyl sites for hydroxylation is 2. The number of nitrogens with zero attached hydrogens (tertiary/aromatic N) is 2. The molecular weight excluding hydrogens is 444 g/mol. The highest BCUT2D eigenvalue weighted by molar-refractivity contribution is 6.11. The summed E-state index contributed by atoms with van der Waals surface area (Å²) in [5.74, 6) is 4.23. The Balaban J connectivity index is 1.73. The fourth-order valence-electron chi connectivity index (χ4n) is 4.27. The number of nitrogens with one attached hydrogen (secondary N) is 2. The third-order valence-corrected chi connectivity index (χ3v) is 6.66. The van der Waals surface area contributed by atoms with Crippen molar-refractivity contribution in [2.24, 2.45) is 5.92 Å². The van der Waals surface area contributed by atoms with Crippen LogP contribution in [-0.2, 0) is 14.3 Å². The topological polar surface area (TPSA) is 116 Å². The third kappa shape index (κ3) is 4.99. The Morgan fingerprint density at radius 3 is 2.49 bits per heavy atom. The summed E-state index contributed by atoms with van der Waals surface area (Å²) in [7, 11) is 1.72. The molecule has 0 bridgehead atoms. The van der Waals surface area contributed by atoms with E-state index in [1.54, 1.807) is 26.1 Å². The van der Waals surface area contributed by atoms with Crippen LogP contribution in [0.25, 0.3) is 0 Å². The number of aliphatic carboxylic acids is 1. The van der Waals surface area contributed by atoms with E-state index in [1.807, 2.05) is 13.0 Å². The van der Waals surface area contributed by atoms with E-state index >= 15 is 0 Å². The number of carbonyl (C=O) groups is 2. The Bertz CT molecular complexity index is 1250. The van der Waals surface area contributed by atoms with Gasteiger partial charge in [-0.2, -0.15) is 0 Å². The number of pyridine rings is 1. The number of hydrogen-bond acceptors (Lipinski definition) is 6. The number of ether oxygens (including phenoxy) is 1. The first-order valence-corrected chi connectivity index (χ1v) is 11.8. The van der Waals surface area contributed by atoms with Gasteiger partial charge in [0.25, 0.3) is 0 Å². The van der Waals surface area contributed by atoms with Crippen molar-refractivity contribution in [2.45, 2.75) is 58.5 Å². The van der Waals surface area contributed by atoms with Gasteiger partial charge in [0.2, 0.25) is 5.90 Å². The number of carboxylic acids is 1. The highest BCUT2D eigenvalue weighted by atomic mass is 16.5. The van der Waals surface area contributed by atoms with Gasteiger partial charge >= 0.3 is 11.9 Å². The van der Waals surface area contributed by atoms with Crippen LogP contribution in [0.1, 0.15) is 60.9 Å². The van der Waals surface area contributed by atoms with Gasteiger partial charge in [-0.05, 0) is 93.2 Å². The molecule has 2 aliphatic rings. The van der Waals surface area contributed by atoms with E-state index in [2.05, 4.69) is 35.1 Å². The third-order valence-electron chi connectivity index (χ3n) is 6.66. The number of hydrogen-bond donors (Lipinski definition) is 3. The highest BCUT2D eigenvalue weighted by Gasteiger charge is 2.37. The lowest BCUT2D eigenvalue weighted by Gasteiger charge is -2.32. The van der Waals surface area contributed by atoms with Gasteiger partial charge in [0, 0.05) is 7.05 Å². The maximum atomic E-state index is 13.3. The summed E-state index contributed by atoms with van der Waals surface area (Å²) in [5.41, 5.74) is 4.91. The molecule has 3 N–H and O–H groups in total. The van der Waals surface area contributed by atoms with Crippen molar-refractivity contribution in [1.82, 2.24) is 4.98 Å². The van der Waals surface area contributed by atoms with E-state index in [9.17, 15) is 9.59 Å². The Morgan fingerprint density at radius 1 is 1.20 bits per heavy atom. The molecule has 1 aromatic heterocycles. The fraction of sp³-hybridized carbons (Fsp3) is 0.407. The number of anilines is 3. The Morgan fingerprint density at radius 2 is 1.89 bits per heavy atom. The first-order valence-electron chi connectivity index (χ1n) is 11.8. The van der Waals surface area contributed by atoms with Gasteiger partial charge in [-0.25, -0.2) is 4.98 Å². The molecule has 0 atom stereocenters. The molecule has 1 heterocycles. The zero-order chi connectivity index (χ0) is 25.3.